The molecule has 0 radical (unpaired) electrons. The Kier molecular flexibility index (Phi) is 2.16. The summed E-state index contributed by atoms with van der Waals surface area (Å²) < 4.78 is 0. The van der Waals surface area contributed by atoms with E-state index in [2.05, 4.69) is 16.9 Å². The SMILES string of the molecule is CC1C2(N=C=O)CC3CC(C2)CC1(N=C=O)C3. The van der Waals surface area contributed by atoms with E-state index in [0.29, 0.717) is 11.8 Å². The Hall–Kier alpha value is -1.24. The van der Waals surface area contributed by atoms with Crippen molar-refractivity contribution in [3.8, 4) is 0 Å². The van der Waals surface area contributed by atoms with Gasteiger partial charge in [-0.25, -0.2) is 9.59 Å². The predicted molar refractivity (Wildman–Crippen MR) is 60.9 cm³/mol. The first kappa shape index (κ1) is 10.9. The molecule has 4 nitrogen and oxygen atoms in total. The van der Waals surface area contributed by atoms with E-state index >= 15 is 0 Å². The van der Waals surface area contributed by atoms with Crippen molar-refractivity contribution in [1.29, 1.82) is 0 Å². The number of isocyanates is 2. The van der Waals surface area contributed by atoms with Crippen LogP contribution in [0.5, 0.6) is 0 Å². The second kappa shape index (κ2) is 3.38. The normalized spacial score (nSPS) is 50.5. The van der Waals surface area contributed by atoms with Crippen LogP contribution in [0.15, 0.2) is 9.98 Å². The molecule has 0 aromatic heterocycles. The van der Waals surface area contributed by atoms with Crippen LogP contribution in [0.2, 0.25) is 0 Å². The molecule has 4 heteroatoms. The largest absolute Gasteiger partial charge is 0.235 e. The van der Waals surface area contributed by atoms with Gasteiger partial charge >= 0.3 is 0 Å². The molecule has 0 atom stereocenters. The smallest absolute Gasteiger partial charge is 0.211 e. The van der Waals surface area contributed by atoms with E-state index in [9.17, 15) is 9.59 Å². The van der Waals surface area contributed by atoms with Crippen molar-refractivity contribution in [1.82, 2.24) is 0 Å². The lowest BCUT2D eigenvalue weighted by Gasteiger charge is -2.61. The first-order valence-corrected chi connectivity index (χ1v) is 6.32. The number of carbonyl (C=O) groups excluding carboxylic acids is 2. The van der Waals surface area contributed by atoms with Gasteiger partial charge in [-0.05, 0) is 43.9 Å². The minimum atomic E-state index is -0.299. The van der Waals surface area contributed by atoms with Crippen LogP contribution in [0.3, 0.4) is 0 Å². The van der Waals surface area contributed by atoms with Crippen molar-refractivity contribution in [2.75, 3.05) is 0 Å². The molecule has 0 N–H and O–H groups in total. The van der Waals surface area contributed by atoms with Crippen molar-refractivity contribution in [2.45, 2.75) is 50.1 Å². The molecule has 0 spiro atoms. The minimum absolute atomic E-state index is 0.158. The molecule has 4 saturated carbocycles. The lowest BCUT2D eigenvalue weighted by atomic mass is 9.46. The summed E-state index contributed by atoms with van der Waals surface area (Å²) in [6.07, 6.45) is 8.58. The molecule has 4 aliphatic rings. The van der Waals surface area contributed by atoms with Crippen LogP contribution in [-0.2, 0) is 9.59 Å². The maximum absolute atomic E-state index is 10.7. The van der Waals surface area contributed by atoms with E-state index in [-0.39, 0.29) is 17.0 Å². The molecule has 90 valence electrons. The van der Waals surface area contributed by atoms with Crippen molar-refractivity contribution in [2.24, 2.45) is 27.7 Å². The van der Waals surface area contributed by atoms with Gasteiger partial charge in [-0.3, -0.25) is 0 Å². The zero-order valence-electron chi connectivity index (χ0n) is 9.98. The highest BCUT2D eigenvalue weighted by Crippen LogP contribution is 2.62. The average Bonchev–Trinajstić information content (AvgIpc) is 2.25. The van der Waals surface area contributed by atoms with Gasteiger partial charge < -0.3 is 0 Å². The fourth-order valence-corrected chi connectivity index (χ4v) is 4.88. The molecule has 4 bridgehead atoms. The topological polar surface area (TPSA) is 58.9 Å². The Labute approximate surface area is 100 Å². The summed E-state index contributed by atoms with van der Waals surface area (Å²) in [4.78, 5) is 29.7. The predicted octanol–water partition coefficient (Wildman–Crippen LogP) is 2.00. The monoisotopic (exact) mass is 232 g/mol. The van der Waals surface area contributed by atoms with Crippen molar-refractivity contribution in [3.63, 3.8) is 0 Å². The van der Waals surface area contributed by atoms with E-state index in [4.69, 9.17) is 0 Å². The number of nitrogens with zero attached hydrogens (tertiary/aromatic N) is 2. The Morgan fingerprint density at radius 2 is 1.35 bits per heavy atom. The molecular formula is C13H16N2O2. The van der Waals surface area contributed by atoms with E-state index in [1.165, 1.54) is 6.42 Å². The summed E-state index contributed by atoms with van der Waals surface area (Å²) in [7, 11) is 0. The van der Waals surface area contributed by atoms with Crippen LogP contribution >= 0.6 is 0 Å². The second-order valence-electron chi connectivity index (χ2n) is 6.12. The molecular weight excluding hydrogens is 216 g/mol. The highest BCUT2D eigenvalue weighted by Gasteiger charge is 2.63. The summed E-state index contributed by atoms with van der Waals surface area (Å²) in [5, 5.41) is 0. The van der Waals surface area contributed by atoms with Gasteiger partial charge in [0.1, 0.15) is 0 Å². The fourth-order valence-electron chi connectivity index (χ4n) is 4.88. The minimum Gasteiger partial charge on any atom is -0.211 e. The lowest BCUT2D eigenvalue weighted by molar-refractivity contribution is -0.0622. The third kappa shape index (κ3) is 1.31. The summed E-state index contributed by atoms with van der Waals surface area (Å²) in [5.74, 6) is 1.28. The summed E-state index contributed by atoms with van der Waals surface area (Å²) in [5.41, 5.74) is -0.599. The summed E-state index contributed by atoms with van der Waals surface area (Å²) in [6.45, 7) is 2.08. The fraction of sp³-hybridized carbons (Fsp3) is 0.846. The highest BCUT2D eigenvalue weighted by molar-refractivity contribution is 5.39. The lowest BCUT2D eigenvalue weighted by Crippen LogP contribution is -2.63. The van der Waals surface area contributed by atoms with E-state index in [1.54, 1.807) is 12.2 Å². The quantitative estimate of drug-likeness (QED) is 0.540. The van der Waals surface area contributed by atoms with Crippen LogP contribution in [-0.4, -0.2) is 23.2 Å². The maximum Gasteiger partial charge on any atom is 0.235 e. The maximum atomic E-state index is 10.7. The summed E-state index contributed by atoms with van der Waals surface area (Å²) in [6, 6.07) is 0. The van der Waals surface area contributed by atoms with Gasteiger partial charge in [0.15, 0.2) is 0 Å². The molecule has 4 aliphatic carbocycles. The molecule has 17 heavy (non-hydrogen) atoms. The van der Waals surface area contributed by atoms with Crippen LogP contribution in [0.1, 0.15) is 39.0 Å². The molecule has 0 saturated heterocycles. The zero-order valence-corrected chi connectivity index (χ0v) is 9.98. The van der Waals surface area contributed by atoms with E-state index < -0.39 is 0 Å². The number of aliphatic imine (C=N–C) groups is 2. The second-order valence-corrected chi connectivity index (χ2v) is 6.12. The van der Waals surface area contributed by atoms with E-state index in [1.807, 2.05) is 0 Å². The molecule has 4 rings (SSSR count). The average molecular weight is 232 g/mol. The van der Waals surface area contributed by atoms with Gasteiger partial charge in [0.2, 0.25) is 12.2 Å². The van der Waals surface area contributed by atoms with Crippen LogP contribution < -0.4 is 0 Å². The molecule has 0 amide bonds. The van der Waals surface area contributed by atoms with Crippen LogP contribution in [0, 0.1) is 17.8 Å². The third-order valence-electron chi connectivity index (χ3n) is 5.38. The Morgan fingerprint density at radius 1 is 0.941 bits per heavy atom. The Bertz CT molecular complexity index is 394. The van der Waals surface area contributed by atoms with Crippen LogP contribution in [0.4, 0.5) is 0 Å². The van der Waals surface area contributed by atoms with Crippen molar-refractivity contribution < 1.29 is 9.59 Å². The standard InChI is InChI=1S/C13H16N2O2/c1-9-12(14-7-16)3-10-2-11(5-12)6-13(9,4-10)15-8-17/h9-11H,2-6H2,1H3. The number of hydrogen-bond acceptors (Lipinski definition) is 4. The van der Waals surface area contributed by atoms with Gasteiger partial charge in [0.05, 0.1) is 11.1 Å². The Morgan fingerprint density at radius 3 is 1.71 bits per heavy atom. The highest BCUT2D eigenvalue weighted by atomic mass is 16.1. The van der Waals surface area contributed by atoms with Gasteiger partial charge in [-0.2, -0.15) is 9.98 Å². The molecule has 4 fully saturated rings. The number of rotatable bonds is 2. The van der Waals surface area contributed by atoms with Crippen molar-refractivity contribution >= 4 is 12.2 Å². The molecule has 0 aromatic carbocycles. The first-order valence-electron chi connectivity index (χ1n) is 6.32. The zero-order chi connectivity index (χ0) is 12.1. The van der Waals surface area contributed by atoms with Crippen molar-refractivity contribution in [3.05, 3.63) is 0 Å². The first-order chi connectivity index (χ1) is 8.14. The van der Waals surface area contributed by atoms with Gasteiger partial charge in [0.25, 0.3) is 0 Å². The number of hydrogen-bond donors (Lipinski definition) is 0. The van der Waals surface area contributed by atoms with Gasteiger partial charge in [-0.1, -0.05) is 6.92 Å². The van der Waals surface area contributed by atoms with E-state index in [0.717, 1.165) is 25.7 Å². The molecule has 0 aromatic rings. The Balaban J connectivity index is 2.10. The molecule has 0 heterocycles. The van der Waals surface area contributed by atoms with Gasteiger partial charge in [-0.15, -0.1) is 0 Å². The summed E-state index contributed by atoms with van der Waals surface area (Å²) >= 11 is 0. The molecule has 0 aliphatic heterocycles. The van der Waals surface area contributed by atoms with Crippen LogP contribution in [0.25, 0.3) is 0 Å². The third-order valence-corrected chi connectivity index (χ3v) is 5.38. The van der Waals surface area contributed by atoms with Gasteiger partial charge in [0, 0.05) is 5.92 Å². The molecule has 0 unspecified atom stereocenters.